The predicted molar refractivity (Wildman–Crippen MR) is 102 cm³/mol. The van der Waals surface area contributed by atoms with E-state index < -0.39 is 11.0 Å². The first kappa shape index (κ1) is 16.3. The van der Waals surface area contributed by atoms with Crippen LogP contribution >= 0.6 is 11.3 Å². The molecule has 3 aromatic heterocycles. The predicted octanol–water partition coefficient (Wildman–Crippen LogP) is 3.43. The summed E-state index contributed by atoms with van der Waals surface area (Å²) in [6.45, 7) is 3.94. The highest BCUT2D eigenvalue weighted by Gasteiger charge is 2.19. The Labute approximate surface area is 151 Å². The maximum atomic E-state index is 13.0. The van der Waals surface area contributed by atoms with E-state index in [-0.39, 0.29) is 17.6 Å². The van der Waals surface area contributed by atoms with E-state index in [9.17, 15) is 9.59 Å². The number of allylic oxidation sites excluding steroid dienone is 1. The molecule has 3 heterocycles. The fraction of sp³-hybridized carbons (Fsp3) is 0.105. The third-order valence-corrected chi connectivity index (χ3v) is 4.92. The highest BCUT2D eigenvalue weighted by Crippen LogP contribution is 2.25. The van der Waals surface area contributed by atoms with Crippen LogP contribution in [0.25, 0.3) is 32.8 Å². The van der Waals surface area contributed by atoms with Crippen molar-refractivity contribution in [3.63, 3.8) is 0 Å². The van der Waals surface area contributed by atoms with Crippen molar-refractivity contribution in [1.82, 2.24) is 9.55 Å². The molecule has 4 rings (SSSR count). The lowest BCUT2D eigenvalue weighted by Gasteiger charge is -2.10. The van der Waals surface area contributed by atoms with E-state index in [0.717, 1.165) is 4.88 Å². The number of benzene rings is 1. The van der Waals surface area contributed by atoms with Gasteiger partial charge in [-0.1, -0.05) is 12.1 Å². The highest BCUT2D eigenvalue weighted by atomic mass is 32.1. The molecule has 1 aromatic carbocycles. The van der Waals surface area contributed by atoms with Crippen molar-refractivity contribution in [2.45, 2.75) is 6.54 Å². The fourth-order valence-corrected chi connectivity index (χ4v) is 3.56. The molecule has 0 spiro atoms. The van der Waals surface area contributed by atoms with Gasteiger partial charge in [0.1, 0.15) is 11.3 Å². The SMILES string of the molecule is C=CCn1c(-c2cccs2)nc2oc3cc(OC)ccc3c(=O)c2c1=O. The van der Waals surface area contributed by atoms with Crippen LogP contribution in [0.3, 0.4) is 0 Å². The Morgan fingerprint density at radius 1 is 1.35 bits per heavy atom. The molecule has 0 unspecified atom stereocenters. The zero-order valence-corrected chi connectivity index (χ0v) is 14.7. The van der Waals surface area contributed by atoms with Gasteiger partial charge in [0.25, 0.3) is 5.56 Å². The molecule has 0 saturated heterocycles. The van der Waals surface area contributed by atoms with Crippen LogP contribution in [-0.4, -0.2) is 16.7 Å². The lowest BCUT2D eigenvalue weighted by atomic mass is 10.2. The third kappa shape index (κ3) is 2.44. The van der Waals surface area contributed by atoms with Gasteiger partial charge in [0.2, 0.25) is 11.1 Å². The zero-order valence-electron chi connectivity index (χ0n) is 13.9. The van der Waals surface area contributed by atoms with Gasteiger partial charge < -0.3 is 9.15 Å². The average molecular weight is 366 g/mol. The number of hydrogen-bond donors (Lipinski definition) is 0. The number of thiophene rings is 1. The largest absolute Gasteiger partial charge is 0.497 e. The van der Waals surface area contributed by atoms with Gasteiger partial charge in [0.15, 0.2) is 11.2 Å². The maximum absolute atomic E-state index is 13.0. The van der Waals surface area contributed by atoms with E-state index in [4.69, 9.17) is 9.15 Å². The van der Waals surface area contributed by atoms with Crippen molar-refractivity contribution in [2.75, 3.05) is 7.11 Å². The summed E-state index contributed by atoms with van der Waals surface area (Å²) in [5.74, 6) is 1.00. The van der Waals surface area contributed by atoms with E-state index >= 15 is 0 Å². The first-order valence-electron chi connectivity index (χ1n) is 7.84. The number of rotatable bonds is 4. The Morgan fingerprint density at radius 3 is 2.88 bits per heavy atom. The number of nitrogens with zero attached hydrogens (tertiary/aromatic N) is 2. The van der Waals surface area contributed by atoms with E-state index in [0.29, 0.717) is 22.5 Å². The van der Waals surface area contributed by atoms with Crippen LogP contribution in [-0.2, 0) is 6.54 Å². The summed E-state index contributed by atoms with van der Waals surface area (Å²) in [4.78, 5) is 31.2. The molecular formula is C19H14N2O4S. The summed E-state index contributed by atoms with van der Waals surface area (Å²) in [5.41, 5.74) is -0.501. The molecule has 0 aliphatic rings. The normalized spacial score (nSPS) is 11.1. The Balaban J connectivity index is 2.16. The van der Waals surface area contributed by atoms with Crippen molar-refractivity contribution in [3.8, 4) is 16.5 Å². The minimum absolute atomic E-state index is 0.0180. The molecule has 6 nitrogen and oxygen atoms in total. The Hall–Kier alpha value is -3.19. The van der Waals surface area contributed by atoms with Crippen LogP contribution in [0.5, 0.6) is 5.75 Å². The van der Waals surface area contributed by atoms with Gasteiger partial charge in [-0.25, -0.2) is 0 Å². The van der Waals surface area contributed by atoms with Crippen molar-refractivity contribution < 1.29 is 9.15 Å². The molecule has 0 fully saturated rings. The van der Waals surface area contributed by atoms with Gasteiger partial charge in [0, 0.05) is 12.6 Å². The second-order valence-electron chi connectivity index (χ2n) is 5.59. The van der Waals surface area contributed by atoms with E-state index in [2.05, 4.69) is 11.6 Å². The number of methoxy groups -OCH3 is 1. The van der Waals surface area contributed by atoms with Gasteiger partial charge >= 0.3 is 0 Å². The van der Waals surface area contributed by atoms with Gasteiger partial charge in [-0.05, 0) is 23.6 Å². The molecule has 130 valence electrons. The van der Waals surface area contributed by atoms with Crippen LogP contribution < -0.4 is 15.7 Å². The number of fused-ring (bicyclic) bond motifs is 2. The smallest absolute Gasteiger partial charge is 0.269 e. The van der Waals surface area contributed by atoms with E-state index in [1.165, 1.54) is 23.0 Å². The van der Waals surface area contributed by atoms with Crippen molar-refractivity contribution in [2.24, 2.45) is 0 Å². The van der Waals surface area contributed by atoms with E-state index in [1.807, 2.05) is 17.5 Å². The molecule has 0 N–H and O–H groups in total. The summed E-state index contributed by atoms with van der Waals surface area (Å²) >= 11 is 1.45. The quantitative estimate of drug-likeness (QED) is 0.409. The second-order valence-corrected chi connectivity index (χ2v) is 6.54. The minimum atomic E-state index is -0.440. The first-order chi connectivity index (χ1) is 12.6. The van der Waals surface area contributed by atoms with Crippen molar-refractivity contribution in [1.29, 1.82) is 0 Å². The molecule has 0 saturated carbocycles. The highest BCUT2D eigenvalue weighted by molar-refractivity contribution is 7.13. The molecule has 0 amide bonds. The third-order valence-electron chi connectivity index (χ3n) is 4.06. The molecule has 0 aliphatic heterocycles. The Morgan fingerprint density at radius 2 is 2.19 bits per heavy atom. The Kier molecular flexibility index (Phi) is 3.93. The lowest BCUT2D eigenvalue weighted by Crippen LogP contribution is -2.27. The van der Waals surface area contributed by atoms with Crippen LogP contribution in [0.1, 0.15) is 0 Å². The van der Waals surface area contributed by atoms with E-state index in [1.54, 1.807) is 24.3 Å². The molecule has 26 heavy (non-hydrogen) atoms. The molecule has 0 radical (unpaired) electrons. The summed E-state index contributed by atoms with van der Waals surface area (Å²) in [6.07, 6.45) is 1.60. The number of aromatic nitrogens is 2. The van der Waals surface area contributed by atoms with Gasteiger partial charge in [-0.15, -0.1) is 17.9 Å². The van der Waals surface area contributed by atoms with Gasteiger partial charge in [-0.3, -0.25) is 14.2 Å². The molecule has 4 aromatic rings. The average Bonchev–Trinajstić information content (AvgIpc) is 3.18. The summed E-state index contributed by atoms with van der Waals surface area (Å²) in [7, 11) is 1.53. The zero-order chi connectivity index (χ0) is 18.3. The molecule has 0 aliphatic carbocycles. The van der Waals surface area contributed by atoms with Crippen molar-refractivity contribution >= 4 is 33.4 Å². The fourth-order valence-electron chi connectivity index (χ4n) is 2.84. The maximum Gasteiger partial charge on any atom is 0.269 e. The van der Waals surface area contributed by atoms with Crippen LogP contribution in [0.2, 0.25) is 0 Å². The molecule has 0 bridgehead atoms. The number of ether oxygens (including phenoxy) is 1. The van der Waals surface area contributed by atoms with Crippen LogP contribution in [0, 0.1) is 0 Å². The standard InChI is InChI=1S/C19H14N2O4S/c1-3-8-21-17(14-5-4-9-26-14)20-18-15(19(21)23)16(22)12-7-6-11(24-2)10-13(12)25-18/h3-7,9-10H,1,8H2,2H3. The molecule has 0 atom stereocenters. The van der Waals surface area contributed by atoms with Gasteiger partial charge in [0.05, 0.1) is 17.4 Å². The topological polar surface area (TPSA) is 74.3 Å². The first-order valence-corrected chi connectivity index (χ1v) is 8.72. The van der Waals surface area contributed by atoms with Crippen LogP contribution in [0.4, 0.5) is 0 Å². The molecular weight excluding hydrogens is 352 g/mol. The summed E-state index contributed by atoms with van der Waals surface area (Å²) in [6, 6.07) is 8.58. The monoisotopic (exact) mass is 366 g/mol. The summed E-state index contributed by atoms with van der Waals surface area (Å²) in [5, 5.41) is 2.14. The minimum Gasteiger partial charge on any atom is -0.497 e. The molecule has 7 heteroatoms. The number of hydrogen-bond acceptors (Lipinski definition) is 6. The second kappa shape index (κ2) is 6.27. The Bertz CT molecular complexity index is 1250. The van der Waals surface area contributed by atoms with Gasteiger partial charge in [-0.2, -0.15) is 4.98 Å². The van der Waals surface area contributed by atoms with Crippen molar-refractivity contribution in [3.05, 3.63) is 68.9 Å². The van der Waals surface area contributed by atoms with Crippen LogP contribution in [0.15, 0.2) is 62.4 Å². The summed E-state index contributed by atoms with van der Waals surface area (Å²) < 4.78 is 12.4. The lowest BCUT2D eigenvalue weighted by molar-refractivity contribution is 0.414.